The Bertz CT molecular complexity index is 240. The number of ether oxygens (including phenoxy) is 3. The zero-order chi connectivity index (χ0) is 11.4. The standard InChI is InChI=1S/C11H20O4S/c1-9-10(3-7-13-9)16(12)8-4-11-14-5-2-6-15-11/h9-11H,2-8H2,1H3. The molecule has 94 valence electrons. The Morgan fingerprint density at radius 3 is 2.56 bits per heavy atom. The Balaban J connectivity index is 1.70. The van der Waals surface area contributed by atoms with Gasteiger partial charge in [-0.15, -0.1) is 0 Å². The summed E-state index contributed by atoms with van der Waals surface area (Å²) in [6.45, 7) is 4.28. The molecule has 4 nitrogen and oxygen atoms in total. The van der Waals surface area contributed by atoms with Crippen LogP contribution in [0.3, 0.4) is 0 Å². The number of hydrogen-bond donors (Lipinski definition) is 0. The van der Waals surface area contributed by atoms with Gasteiger partial charge in [0.2, 0.25) is 0 Å². The van der Waals surface area contributed by atoms with Gasteiger partial charge in [0.05, 0.1) is 24.6 Å². The second-order valence-corrected chi connectivity index (χ2v) is 6.08. The Morgan fingerprint density at radius 2 is 1.94 bits per heavy atom. The summed E-state index contributed by atoms with van der Waals surface area (Å²) in [5.41, 5.74) is 0. The van der Waals surface area contributed by atoms with Crippen LogP contribution in [0.1, 0.15) is 26.2 Å². The molecule has 0 radical (unpaired) electrons. The van der Waals surface area contributed by atoms with Crippen LogP contribution in [0, 0.1) is 0 Å². The minimum atomic E-state index is -0.812. The Morgan fingerprint density at radius 1 is 1.19 bits per heavy atom. The van der Waals surface area contributed by atoms with Crippen LogP contribution < -0.4 is 0 Å². The molecule has 3 unspecified atom stereocenters. The smallest absolute Gasteiger partial charge is 0.158 e. The van der Waals surface area contributed by atoms with Crippen molar-refractivity contribution in [3.8, 4) is 0 Å². The zero-order valence-corrected chi connectivity index (χ0v) is 10.5. The van der Waals surface area contributed by atoms with Gasteiger partial charge in [0, 0.05) is 29.6 Å². The maximum absolute atomic E-state index is 12.0. The van der Waals surface area contributed by atoms with E-state index < -0.39 is 10.8 Å². The largest absolute Gasteiger partial charge is 0.377 e. The predicted octanol–water partition coefficient (Wildman–Crippen LogP) is 1.07. The van der Waals surface area contributed by atoms with Crippen molar-refractivity contribution in [3.63, 3.8) is 0 Å². The molecule has 2 aliphatic rings. The van der Waals surface area contributed by atoms with E-state index in [-0.39, 0.29) is 17.6 Å². The van der Waals surface area contributed by atoms with Crippen molar-refractivity contribution in [1.29, 1.82) is 0 Å². The third-order valence-corrected chi connectivity index (χ3v) is 5.03. The lowest BCUT2D eigenvalue weighted by atomic mass is 10.3. The summed E-state index contributed by atoms with van der Waals surface area (Å²) in [6.07, 6.45) is 2.60. The molecule has 2 rings (SSSR count). The molecular weight excluding hydrogens is 228 g/mol. The van der Waals surface area contributed by atoms with E-state index >= 15 is 0 Å². The lowest BCUT2D eigenvalue weighted by molar-refractivity contribution is -0.178. The molecule has 2 fully saturated rings. The lowest BCUT2D eigenvalue weighted by Crippen LogP contribution is -2.30. The summed E-state index contributed by atoms with van der Waals surface area (Å²) in [4.78, 5) is 0. The zero-order valence-electron chi connectivity index (χ0n) is 9.72. The minimum absolute atomic E-state index is 0.133. The van der Waals surface area contributed by atoms with E-state index in [2.05, 4.69) is 0 Å². The number of hydrogen-bond acceptors (Lipinski definition) is 4. The average molecular weight is 248 g/mol. The van der Waals surface area contributed by atoms with Gasteiger partial charge in [-0.3, -0.25) is 4.21 Å². The van der Waals surface area contributed by atoms with Gasteiger partial charge in [0.15, 0.2) is 6.29 Å². The molecule has 0 spiro atoms. The third-order valence-electron chi connectivity index (χ3n) is 3.10. The van der Waals surface area contributed by atoms with Crippen LogP contribution in [0.5, 0.6) is 0 Å². The second-order valence-electron chi connectivity index (χ2n) is 4.30. The Labute approximate surface area is 99.1 Å². The van der Waals surface area contributed by atoms with Crippen LogP contribution in [-0.4, -0.2) is 47.4 Å². The van der Waals surface area contributed by atoms with Gasteiger partial charge >= 0.3 is 0 Å². The molecule has 0 aromatic carbocycles. The summed E-state index contributed by atoms with van der Waals surface area (Å²) in [6, 6.07) is 0. The van der Waals surface area contributed by atoms with Crippen molar-refractivity contribution >= 4 is 10.8 Å². The first-order valence-corrected chi connectivity index (χ1v) is 7.37. The normalized spacial score (nSPS) is 34.1. The highest BCUT2D eigenvalue weighted by Gasteiger charge is 2.30. The minimum Gasteiger partial charge on any atom is -0.377 e. The molecule has 0 amide bonds. The maximum atomic E-state index is 12.0. The molecule has 16 heavy (non-hydrogen) atoms. The summed E-state index contributed by atoms with van der Waals surface area (Å²) in [5.74, 6) is 0.656. The average Bonchev–Trinajstić information content (AvgIpc) is 2.74. The van der Waals surface area contributed by atoms with Crippen molar-refractivity contribution in [3.05, 3.63) is 0 Å². The van der Waals surface area contributed by atoms with E-state index in [4.69, 9.17) is 14.2 Å². The third kappa shape index (κ3) is 3.26. The predicted molar refractivity (Wildman–Crippen MR) is 61.8 cm³/mol. The fourth-order valence-corrected chi connectivity index (χ4v) is 3.72. The molecule has 2 saturated heterocycles. The summed E-state index contributed by atoms with van der Waals surface area (Å²) in [5, 5.41) is 0.198. The molecule has 0 N–H and O–H groups in total. The van der Waals surface area contributed by atoms with Crippen molar-refractivity contribution in [1.82, 2.24) is 0 Å². The van der Waals surface area contributed by atoms with Gasteiger partial charge < -0.3 is 14.2 Å². The van der Waals surface area contributed by atoms with Crippen LogP contribution in [0.25, 0.3) is 0 Å². The quantitative estimate of drug-likeness (QED) is 0.746. The Hall–Kier alpha value is 0.0300. The first-order valence-electron chi connectivity index (χ1n) is 5.99. The highest BCUT2D eigenvalue weighted by molar-refractivity contribution is 7.85. The molecule has 0 aliphatic carbocycles. The van der Waals surface area contributed by atoms with Gasteiger partial charge in [-0.05, 0) is 19.8 Å². The van der Waals surface area contributed by atoms with E-state index in [1.807, 2.05) is 6.92 Å². The highest BCUT2D eigenvalue weighted by atomic mass is 32.2. The topological polar surface area (TPSA) is 44.8 Å². The summed E-state index contributed by atoms with van der Waals surface area (Å²) >= 11 is 0. The van der Waals surface area contributed by atoms with Crippen molar-refractivity contribution < 1.29 is 18.4 Å². The van der Waals surface area contributed by atoms with Gasteiger partial charge in [0.25, 0.3) is 0 Å². The van der Waals surface area contributed by atoms with E-state index in [9.17, 15) is 4.21 Å². The first kappa shape index (κ1) is 12.5. The van der Waals surface area contributed by atoms with Gasteiger partial charge in [-0.25, -0.2) is 0 Å². The molecule has 0 bridgehead atoms. The van der Waals surface area contributed by atoms with Crippen LogP contribution in [0.2, 0.25) is 0 Å². The van der Waals surface area contributed by atoms with Gasteiger partial charge in [-0.2, -0.15) is 0 Å². The molecule has 0 saturated carbocycles. The van der Waals surface area contributed by atoms with E-state index in [1.54, 1.807) is 0 Å². The molecule has 0 aromatic heterocycles. The maximum Gasteiger partial charge on any atom is 0.158 e. The van der Waals surface area contributed by atoms with Crippen molar-refractivity contribution in [2.75, 3.05) is 25.6 Å². The summed E-state index contributed by atoms with van der Waals surface area (Å²) in [7, 11) is -0.812. The van der Waals surface area contributed by atoms with Gasteiger partial charge in [0.1, 0.15) is 0 Å². The van der Waals surface area contributed by atoms with Crippen LogP contribution in [0.15, 0.2) is 0 Å². The van der Waals surface area contributed by atoms with Crippen LogP contribution in [0.4, 0.5) is 0 Å². The van der Waals surface area contributed by atoms with Gasteiger partial charge in [-0.1, -0.05) is 0 Å². The van der Waals surface area contributed by atoms with Crippen LogP contribution >= 0.6 is 0 Å². The SMILES string of the molecule is CC1OCCC1S(=O)CCC1OCCCO1. The van der Waals surface area contributed by atoms with E-state index in [0.717, 1.165) is 39.1 Å². The van der Waals surface area contributed by atoms with E-state index in [0.29, 0.717) is 5.75 Å². The van der Waals surface area contributed by atoms with Crippen molar-refractivity contribution in [2.45, 2.75) is 43.8 Å². The molecule has 0 aromatic rings. The lowest BCUT2D eigenvalue weighted by Gasteiger charge is -2.23. The second kappa shape index (κ2) is 6.10. The highest BCUT2D eigenvalue weighted by Crippen LogP contribution is 2.20. The van der Waals surface area contributed by atoms with E-state index in [1.165, 1.54) is 0 Å². The van der Waals surface area contributed by atoms with Crippen molar-refractivity contribution in [2.24, 2.45) is 0 Å². The van der Waals surface area contributed by atoms with Crippen LogP contribution in [-0.2, 0) is 25.0 Å². The molecule has 2 heterocycles. The Kier molecular flexibility index (Phi) is 4.76. The molecule has 5 heteroatoms. The fourth-order valence-electron chi connectivity index (χ4n) is 2.12. The monoisotopic (exact) mass is 248 g/mol. The molecule has 3 atom stereocenters. The molecule has 2 aliphatic heterocycles. The first-order chi connectivity index (χ1) is 7.77. The summed E-state index contributed by atoms with van der Waals surface area (Å²) < 4.78 is 28.3. The molecular formula is C11H20O4S. The number of rotatable bonds is 4. The fraction of sp³-hybridized carbons (Fsp3) is 1.00.